The smallest absolute Gasteiger partial charge is 0.492 e. The van der Waals surface area contributed by atoms with E-state index in [9.17, 15) is 0 Å². The molecule has 0 aliphatic rings. The molecule has 3 N–H and O–H groups in total. The van der Waals surface area contributed by atoms with E-state index < -0.39 is 7.12 Å². The van der Waals surface area contributed by atoms with Crippen molar-refractivity contribution in [2.24, 2.45) is 0 Å². The second-order valence-electron chi connectivity index (χ2n) is 1.68. The summed E-state index contributed by atoms with van der Waals surface area (Å²) in [5.74, 6) is -0.366. The van der Waals surface area contributed by atoms with Crippen LogP contribution in [0.3, 0.4) is 0 Å². The van der Waals surface area contributed by atoms with Gasteiger partial charge < -0.3 is 15.2 Å². The van der Waals surface area contributed by atoms with Gasteiger partial charge in [0.1, 0.15) is 5.76 Å². The molecule has 0 aromatic rings. The van der Waals surface area contributed by atoms with Gasteiger partial charge in [-0.05, 0) is 0 Å². The van der Waals surface area contributed by atoms with Crippen molar-refractivity contribution >= 4 is 7.12 Å². The molecule has 0 radical (unpaired) electrons. The standard InChI is InChI=1S/C6H9BO3/c1-3-4-6(5(2)8)7(9)10/h3-4,8-10H,1-2H2/b6-4+. The van der Waals surface area contributed by atoms with Gasteiger partial charge >= 0.3 is 7.12 Å². The van der Waals surface area contributed by atoms with Gasteiger partial charge in [-0.1, -0.05) is 25.3 Å². The van der Waals surface area contributed by atoms with E-state index in [2.05, 4.69) is 13.2 Å². The zero-order valence-electron chi connectivity index (χ0n) is 5.49. The fourth-order valence-electron chi connectivity index (χ4n) is 0.458. The van der Waals surface area contributed by atoms with Crippen molar-refractivity contribution in [3.8, 4) is 0 Å². The molecule has 0 saturated heterocycles. The maximum absolute atomic E-state index is 8.68. The normalized spacial score (nSPS) is 10.8. The van der Waals surface area contributed by atoms with Crippen molar-refractivity contribution in [3.63, 3.8) is 0 Å². The Morgan fingerprint density at radius 2 is 1.90 bits per heavy atom. The van der Waals surface area contributed by atoms with Crippen LogP contribution in [0.5, 0.6) is 0 Å². The minimum atomic E-state index is -1.70. The van der Waals surface area contributed by atoms with Crippen LogP contribution in [0, 0.1) is 0 Å². The van der Waals surface area contributed by atoms with Gasteiger partial charge in [0.05, 0.1) is 0 Å². The summed E-state index contributed by atoms with van der Waals surface area (Å²) in [6, 6.07) is 0. The molecule has 0 spiro atoms. The molecule has 4 heteroatoms. The Morgan fingerprint density at radius 3 is 2.00 bits per heavy atom. The number of hydrogen-bond acceptors (Lipinski definition) is 3. The van der Waals surface area contributed by atoms with Gasteiger partial charge in [-0.15, -0.1) is 0 Å². The molecule has 54 valence electrons. The van der Waals surface area contributed by atoms with Crippen molar-refractivity contribution < 1.29 is 15.2 Å². The molecule has 0 saturated carbocycles. The summed E-state index contributed by atoms with van der Waals surface area (Å²) in [6.45, 7) is 6.43. The summed E-state index contributed by atoms with van der Waals surface area (Å²) < 4.78 is 0. The fourth-order valence-corrected chi connectivity index (χ4v) is 0.458. The van der Waals surface area contributed by atoms with Crippen molar-refractivity contribution in [1.29, 1.82) is 0 Å². The maximum atomic E-state index is 8.68. The van der Waals surface area contributed by atoms with E-state index in [0.29, 0.717) is 0 Å². The van der Waals surface area contributed by atoms with Crippen molar-refractivity contribution in [2.45, 2.75) is 0 Å². The van der Waals surface area contributed by atoms with Gasteiger partial charge in [0.25, 0.3) is 0 Å². The Labute approximate surface area is 59.8 Å². The molecule has 10 heavy (non-hydrogen) atoms. The minimum absolute atomic E-state index is 0.0463. The number of hydrogen-bond donors (Lipinski definition) is 3. The Balaban J connectivity index is 4.41. The van der Waals surface area contributed by atoms with Crippen LogP contribution in [0.4, 0.5) is 0 Å². The number of aliphatic hydroxyl groups excluding tert-OH is 1. The highest BCUT2D eigenvalue weighted by molar-refractivity contribution is 6.52. The second-order valence-corrected chi connectivity index (χ2v) is 1.68. The Morgan fingerprint density at radius 1 is 1.40 bits per heavy atom. The third kappa shape index (κ3) is 2.52. The maximum Gasteiger partial charge on any atom is 0.492 e. The molecular formula is C6H9BO3. The quantitative estimate of drug-likeness (QED) is 0.297. The molecule has 0 aromatic carbocycles. The van der Waals surface area contributed by atoms with Crippen LogP contribution < -0.4 is 0 Å². The second kappa shape index (κ2) is 3.92. The number of aliphatic hydroxyl groups is 1. The lowest BCUT2D eigenvalue weighted by Gasteiger charge is -2.00. The highest BCUT2D eigenvalue weighted by Crippen LogP contribution is 2.04. The van der Waals surface area contributed by atoms with Gasteiger partial charge in [0.2, 0.25) is 0 Å². The molecule has 0 aromatic heterocycles. The first-order valence-electron chi connectivity index (χ1n) is 2.66. The van der Waals surface area contributed by atoms with Crippen LogP contribution in [0.25, 0.3) is 0 Å². The molecule has 0 rings (SSSR count). The predicted molar refractivity (Wildman–Crippen MR) is 40.2 cm³/mol. The molecular weight excluding hydrogens is 131 g/mol. The summed E-state index contributed by atoms with van der Waals surface area (Å²) in [7, 11) is -1.70. The van der Waals surface area contributed by atoms with Crippen molar-refractivity contribution in [2.75, 3.05) is 0 Å². The van der Waals surface area contributed by atoms with E-state index in [1.165, 1.54) is 12.2 Å². The van der Waals surface area contributed by atoms with Crippen LogP contribution in [-0.2, 0) is 0 Å². The van der Waals surface area contributed by atoms with E-state index in [1.54, 1.807) is 0 Å². The van der Waals surface area contributed by atoms with Crippen LogP contribution in [0.15, 0.2) is 36.5 Å². The topological polar surface area (TPSA) is 60.7 Å². The van der Waals surface area contributed by atoms with Crippen LogP contribution in [-0.4, -0.2) is 22.3 Å². The zero-order chi connectivity index (χ0) is 8.15. The van der Waals surface area contributed by atoms with Gasteiger partial charge in [0, 0.05) is 5.47 Å². The van der Waals surface area contributed by atoms with E-state index in [-0.39, 0.29) is 11.2 Å². The third-order valence-electron chi connectivity index (χ3n) is 0.909. The van der Waals surface area contributed by atoms with Crippen LogP contribution in [0.2, 0.25) is 0 Å². The van der Waals surface area contributed by atoms with E-state index in [0.717, 1.165) is 0 Å². The third-order valence-corrected chi connectivity index (χ3v) is 0.909. The molecule has 3 nitrogen and oxygen atoms in total. The molecule has 0 atom stereocenters. The van der Waals surface area contributed by atoms with Gasteiger partial charge in [-0.25, -0.2) is 0 Å². The average molecular weight is 140 g/mol. The Bertz CT molecular complexity index is 172. The first-order chi connectivity index (χ1) is 4.59. The largest absolute Gasteiger partial charge is 0.509 e. The Hall–Kier alpha value is -0.995. The van der Waals surface area contributed by atoms with Gasteiger partial charge in [-0.2, -0.15) is 0 Å². The highest BCUT2D eigenvalue weighted by atomic mass is 16.4. The summed E-state index contributed by atoms with van der Waals surface area (Å²) in [5, 5.41) is 25.7. The molecule has 0 amide bonds. The zero-order valence-corrected chi connectivity index (χ0v) is 5.49. The molecule has 0 aliphatic carbocycles. The number of allylic oxidation sites excluding steroid dienone is 3. The molecule has 0 fully saturated rings. The first kappa shape index (κ1) is 9.00. The average Bonchev–Trinajstić information content (AvgIpc) is 1.81. The lowest BCUT2D eigenvalue weighted by atomic mass is 9.78. The SMILES string of the molecule is C=C/C=C(/B(O)O)C(=C)O. The summed E-state index contributed by atoms with van der Waals surface area (Å²) in [6.07, 6.45) is 2.60. The van der Waals surface area contributed by atoms with E-state index >= 15 is 0 Å². The summed E-state index contributed by atoms with van der Waals surface area (Å²) >= 11 is 0. The van der Waals surface area contributed by atoms with Gasteiger partial charge in [-0.3, -0.25) is 0 Å². The van der Waals surface area contributed by atoms with Crippen LogP contribution >= 0.6 is 0 Å². The Kier molecular flexibility index (Phi) is 3.53. The molecule has 0 bridgehead atoms. The predicted octanol–water partition coefficient (Wildman–Crippen LogP) is 0.182. The lowest BCUT2D eigenvalue weighted by Crippen LogP contribution is -2.16. The molecule has 0 unspecified atom stereocenters. The minimum Gasteiger partial charge on any atom is -0.509 e. The summed E-state index contributed by atoms with van der Waals surface area (Å²) in [4.78, 5) is 0. The number of rotatable bonds is 3. The van der Waals surface area contributed by atoms with Gasteiger partial charge in [0.15, 0.2) is 0 Å². The molecule has 0 aliphatic heterocycles. The highest BCUT2D eigenvalue weighted by Gasteiger charge is 2.15. The van der Waals surface area contributed by atoms with Crippen LogP contribution in [0.1, 0.15) is 0 Å². The lowest BCUT2D eigenvalue weighted by molar-refractivity contribution is 0.394. The van der Waals surface area contributed by atoms with E-state index in [1.807, 2.05) is 0 Å². The first-order valence-corrected chi connectivity index (χ1v) is 2.66. The van der Waals surface area contributed by atoms with E-state index in [4.69, 9.17) is 15.2 Å². The monoisotopic (exact) mass is 140 g/mol. The molecule has 0 heterocycles. The summed E-state index contributed by atoms with van der Waals surface area (Å²) in [5.41, 5.74) is -0.0463. The fraction of sp³-hybridized carbons (Fsp3) is 0. The van der Waals surface area contributed by atoms with Crippen molar-refractivity contribution in [1.82, 2.24) is 0 Å². The van der Waals surface area contributed by atoms with Crippen molar-refractivity contribution in [3.05, 3.63) is 36.5 Å².